The molecule has 0 amide bonds. The molecule has 0 aliphatic carbocycles. The highest BCUT2D eigenvalue weighted by atomic mass is 16.6. The van der Waals surface area contributed by atoms with Crippen molar-refractivity contribution in [2.24, 2.45) is 0 Å². The Balaban J connectivity index is 2.43. The van der Waals surface area contributed by atoms with E-state index in [1.165, 1.54) is 82.0 Å². The van der Waals surface area contributed by atoms with Gasteiger partial charge in [-0.05, 0) is 38.5 Å². The minimum Gasteiger partial charge on any atom is -0.367 e. The van der Waals surface area contributed by atoms with Gasteiger partial charge in [-0.1, -0.05) is 45.8 Å². The molecule has 1 saturated heterocycles. The highest BCUT2D eigenvalue weighted by Crippen LogP contribution is 2.21. The topological polar surface area (TPSA) is 12.5 Å². The zero-order chi connectivity index (χ0) is 15.4. The molecule has 0 N–H and O–H groups in total. The van der Waals surface area contributed by atoms with Crippen LogP contribution in [0.1, 0.15) is 72.1 Å². The molecule has 1 unspecified atom stereocenters. The van der Waals surface area contributed by atoms with Gasteiger partial charge in [-0.3, -0.25) is 0 Å². The molecule has 0 radical (unpaired) electrons. The van der Waals surface area contributed by atoms with Crippen LogP contribution in [0.4, 0.5) is 0 Å². The van der Waals surface area contributed by atoms with Crippen LogP contribution < -0.4 is 0 Å². The quantitative estimate of drug-likeness (QED) is 0.191. The SMILES string of the molecule is CC/C=C/CCCC[N+](CCCC)(CCCC)CC1CO1. The molecule has 1 fully saturated rings. The van der Waals surface area contributed by atoms with Gasteiger partial charge in [0, 0.05) is 0 Å². The Kier molecular flexibility index (Phi) is 10.0. The first-order chi connectivity index (χ1) is 10.3. The second-order valence-electron chi connectivity index (χ2n) is 6.73. The van der Waals surface area contributed by atoms with E-state index in [0.717, 1.165) is 6.61 Å². The first-order valence-corrected chi connectivity index (χ1v) is 9.38. The van der Waals surface area contributed by atoms with Crippen molar-refractivity contribution in [1.82, 2.24) is 0 Å². The maximum absolute atomic E-state index is 5.56. The molecular weight excluding hydrogens is 258 g/mol. The van der Waals surface area contributed by atoms with Crippen LogP contribution in [0.15, 0.2) is 12.2 Å². The molecule has 1 atom stereocenters. The molecule has 0 aromatic carbocycles. The Hall–Kier alpha value is -0.340. The van der Waals surface area contributed by atoms with Crippen molar-refractivity contribution in [2.45, 2.75) is 78.2 Å². The number of epoxide rings is 1. The number of hydrogen-bond acceptors (Lipinski definition) is 1. The van der Waals surface area contributed by atoms with E-state index in [2.05, 4.69) is 32.9 Å². The summed E-state index contributed by atoms with van der Waals surface area (Å²) >= 11 is 0. The molecule has 1 aliphatic rings. The van der Waals surface area contributed by atoms with Gasteiger partial charge < -0.3 is 9.22 Å². The zero-order valence-electron chi connectivity index (χ0n) is 14.8. The van der Waals surface area contributed by atoms with E-state index in [0.29, 0.717) is 6.10 Å². The molecule has 124 valence electrons. The summed E-state index contributed by atoms with van der Waals surface area (Å²) in [5.41, 5.74) is 0. The number of rotatable bonds is 14. The highest BCUT2D eigenvalue weighted by molar-refractivity contribution is 4.79. The Labute approximate surface area is 133 Å². The van der Waals surface area contributed by atoms with Crippen molar-refractivity contribution < 1.29 is 9.22 Å². The maximum atomic E-state index is 5.56. The summed E-state index contributed by atoms with van der Waals surface area (Å²) in [4.78, 5) is 0. The Bertz CT molecular complexity index is 263. The van der Waals surface area contributed by atoms with Crippen molar-refractivity contribution in [1.29, 1.82) is 0 Å². The average Bonchev–Trinajstić information content (AvgIpc) is 3.30. The standard InChI is InChI=1S/C19H38NO/c1-4-7-10-11-12-13-16-20(14-8-5-2,15-9-6-3)17-19-18-21-19/h7,10,19H,4-6,8-9,11-18H2,1-3H3/q+1/b10-7+. The van der Waals surface area contributed by atoms with Crippen LogP contribution >= 0.6 is 0 Å². The minimum absolute atomic E-state index is 0.568. The fourth-order valence-electron chi connectivity index (χ4n) is 3.20. The molecule has 0 aromatic rings. The Morgan fingerprint density at radius 3 is 2.05 bits per heavy atom. The second kappa shape index (κ2) is 11.3. The van der Waals surface area contributed by atoms with Crippen LogP contribution in [-0.4, -0.2) is 43.4 Å². The van der Waals surface area contributed by atoms with Crippen LogP contribution in [-0.2, 0) is 4.74 Å². The van der Waals surface area contributed by atoms with E-state index in [4.69, 9.17) is 4.74 Å². The van der Waals surface area contributed by atoms with E-state index >= 15 is 0 Å². The highest BCUT2D eigenvalue weighted by Gasteiger charge is 2.35. The average molecular weight is 297 g/mol. The third-order valence-electron chi connectivity index (χ3n) is 4.62. The largest absolute Gasteiger partial charge is 0.367 e. The molecule has 2 heteroatoms. The molecule has 1 heterocycles. The molecule has 0 saturated carbocycles. The molecular formula is C19H38NO+. The molecule has 0 bridgehead atoms. The lowest BCUT2D eigenvalue weighted by Crippen LogP contribution is -2.52. The normalized spacial score (nSPS) is 18.5. The fraction of sp³-hybridized carbons (Fsp3) is 0.895. The lowest BCUT2D eigenvalue weighted by Gasteiger charge is -2.39. The predicted molar refractivity (Wildman–Crippen MR) is 92.6 cm³/mol. The van der Waals surface area contributed by atoms with Crippen molar-refractivity contribution in [2.75, 3.05) is 32.8 Å². The number of quaternary nitrogens is 1. The van der Waals surface area contributed by atoms with E-state index in [9.17, 15) is 0 Å². The summed E-state index contributed by atoms with van der Waals surface area (Å²) in [6.07, 6.45) is 15.7. The molecule has 2 nitrogen and oxygen atoms in total. The van der Waals surface area contributed by atoms with Gasteiger partial charge >= 0.3 is 0 Å². The van der Waals surface area contributed by atoms with Crippen molar-refractivity contribution in [3.05, 3.63) is 12.2 Å². The van der Waals surface area contributed by atoms with Crippen molar-refractivity contribution in [3.8, 4) is 0 Å². The molecule has 0 spiro atoms. The van der Waals surface area contributed by atoms with Crippen molar-refractivity contribution >= 4 is 0 Å². The molecule has 1 rings (SSSR count). The van der Waals surface area contributed by atoms with E-state index in [-0.39, 0.29) is 0 Å². The van der Waals surface area contributed by atoms with Gasteiger partial charge in [0.05, 0.1) is 26.2 Å². The van der Waals surface area contributed by atoms with E-state index in [1.807, 2.05) is 0 Å². The minimum atomic E-state index is 0.568. The summed E-state index contributed by atoms with van der Waals surface area (Å²) in [5.74, 6) is 0. The zero-order valence-corrected chi connectivity index (χ0v) is 14.8. The van der Waals surface area contributed by atoms with Gasteiger partial charge in [0.2, 0.25) is 0 Å². The van der Waals surface area contributed by atoms with Gasteiger partial charge in [0.1, 0.15) is 12.6 Å². The molecule has 0 aromatic heterocycles. The lowest BCUT2D eigenvalue weighted by atomic mass is 10.1. The van der Waals surface area contributed by atoms with Gasteiger partial charge in [-0.15, -0.1) is 0 Å². The monoisotopic (exact) mass is 296 g/mol. The van der Waals surface area contributed by atoms with E-state index < -0.39 is 0 Å². The number of ether oxygens (including phenoxy) is 1. The third kappa shape index (κ3) is 8.63. The fourth-order valence-corrected chi connectivity index (χ4v) is 3.20. The smallest absolute Gasteiger partial charge is 0.130 e. The van der Waals surface area contributed by atoms with Gasteiger partial charge in [0.25, 0.3) is 0 Å². The second-order valence-corrected chi connectivity index (χ2v) is 6.73. The van der Waals surface area contributed by atoms with Crippen LogP contribution in [0.5, 0.6) is 0 Å². The summed E-state index contributed by atoms with van der Waals surface area (Å²) in [6, 6.07) is 0. The summed E-state index contributed by atoms with van der Waals surface area (Å²) < 4.78 is 6.88. The summed E-state index contributed by atoms with van der Waals surface area (Å²) in [5, 5.41) is 0. The van der Waals surface area contributed by atoms with Crippen LogP contribution in [0.25, 0.3) is 0 Å². The van der Waals surface area contributed by atoms with E-state index in [1.54, 1.807) is 0 Å². The first kappa shape index (κ1) is 18.7. The lowest BCUT2D eigenvalue weighted by molar-refractivity contribution is -0.929. The van der Waals surface area contributed by atoms with Gasteiger partial charge in [-0.25, -0.2) is 0 Å². The Morgan fingerprint density at radius 1 is 0.905 bits per heavy atom. The predicted octanol–water partition coefficient (Wildman–Crippen LogP) is 4.94. The van der Waals surface area contributed by atoms with Crippen LogP contribution in [0.3, 0.4) is 0 Å². The summed E-state index contributed by atoms with van der Waals surface area (Å²) in [7, 11) is 0. The Morgan fingerprint density at radius 2 is 1.52 bits per heavy atom. The van der Waals surface area contributed by atoms with Gasteiger partial charge in [-0.2, -0.15) is 0 Å². The van der Waals surface area contributed by atoms with Crippen molar-refractivity contribution in [3.63, 3.8) is 0 Å². The summed E-state index contributed by atoms with van der Waals surface area (Å²) in [6.45, 7) is 13.2. The number of hydrogen-bond donors (Lipinski definition) is 0. The number of unbranched alkanes of at least 4 members (excludes halogenated alkanes) is 4. The van der Waals surface area contributed by atoms with Gasteiger partial charge in [0.15, 0.2) is 0 Å². The number of nitrogens with zero attached hydrogens (tertiary/aromatic N) is 1. The maximum Gasteiger partial charge on any atom is 0.130 e. The third-order valence-corrected chi connectivity index (χ3v) is 4.62. The van der Waals surface area contributed by atoms with Crippen LogP contribution in [0.2, 0.25) is 0 Å². The molecule has 21 heavy (non-hydrogen) atoms. The number of allylic oxidation sites excluding steroid dienone is 2. The van der Waals surface area contributed by atoms with Crippen LogP contribution in [0, 0.1) is 0 Å². The molecule has 1 aliphatic heterocycles. The first-order valence-electron chi connectivity index (χ1n) is 9.38.